The standard InChI is InChI=1S/C15H11N4O/c1-18-14-11-9(4-2-6-16-11)8-19(14)12-10-5-3-7-17-13(10)20-15(12)18/h2-7H,8H2,1H3/q+1/i1D3. The molecule has 4 aromatic heterocycles. The van der Waals surface area contributed by atoms with E-state index in [1.54, 1.807) is 12.4 Å². The summed E-state index contributed by atoms with van der Waals surface area (Å²) in [4.78, 5) is 8.58. The minimum atomic E-state index is -2.37. The Morgan fingerprint density at radius 3 is 3.15 bits per heavy atom. The number of hydrogen-bond acceptors (Lipinski definition) is 3. The summed E-state index contributed by atoms with van der Waals surface area (Å²) in [5.74, 6) is 0.556. The Balaban J connectivity index is 2.01. The molecule has 0 bridgehead atoms. The van der Waals surface area contributed by atoms with Crippen molar-refractivity contribution in [2.75, 3.05) is 0 Å². The lowest BCUT2D eigenvalue weighted by molar-refractivity contribution is -0.640. The van der Waals surface area contributed by atoms with E-state index < -0.39 is 6.98 Å². The van der Waals surface area contributed by atoms with Gasteiger partial charge in [0.15, 0.2) is 5.69 Å². The molecular weight excluding hydrogens is 252 g/mol. The van der Waals surface area contributed by atoms with E-state index in [-0.39, 0.29) is 0 Å². The van der Waals surface area contributed by atoms with Gasteiger partial charge in [0.1, 0.15) is 6.54 Å². The number of aromatic nitrogens is 4. The van der Waals surface area contributed by atoms with E-state index in [9.17, 15) is 0 Å². The second kappa shape index (κ2) is 3.25. The van der Waals surface area contributed by atoms with Gasteiger partial charge in [0.05, 0.1) is 16.5 Å². The Hall–Kier alpha value is -2.69. The third-order valence-corrected chi connectivity index (χ3v) is 3.79. The van der Waals surface area contributed by atoms with Crippen molar-refractivity contribution < 1.29 is 13.1 Å². The molecule has 20 heavy (non-hydrogen) atoms. The van der Waals surface area contributed by atoms with Gasteiger partial charge in [0, 0.05) is 18.0 Å². The highest BCUT2D eigenvalue weighted by molar-refractivity contribution is 6.00. The van der Waals surface area contributed by atoms with Crippen molar-refractivity contribution in [1.82, 2.24) is 14.5 Å². The van der Waals surface area contributed by atoms with E-state index in [4.69, 9.17) is 8.53 Å². The molecule has 5 heterocycles. The Morgan fingerprint density at radius 1 is 1.30 bits per heavy atom. The van der Waals surface area contributed by atoms with Crippen molar-refractivity contribution in [3.63, 3.8) is 0 Å². The highest BCUT2D eigenvalue weighted by Gasteiger charge is 2.36. The number of fused-ring (bicyclic) bond motifs is 7. The third kappa shape index (κ3) is 1.02. The second-order valence-corrected chi connectivity index (χ2v) is 4.87. The molecule has 1 aliphatic rings. The van der Waals surface area contributed by atoms with Crippen LogP contribution in [-0.2, 0) is 13.5 Å². The van der Waals surface area contributed by atoms with Crippen LogP contribution in [0, 0.1) is 0 Å². The molecule has 96 valence electrons. The van der Waals surface area contributed by atoms with Crippen LogP contribution < -0.4 is 4.57 Å². The van der Waals surface area contributed by atoms with Gasteiger partial charge in [-0.2, -0.15) is 4.57 Å². The van der Waals surface area contributed by atoms with Gasteiger partial charge in [0.2, 0.25) is 11.2 Å². The first-order chi connectivity index (χ1) is 11.1. The smallest absolute Gasteiger partial charge is 0.340 e. The van der Waals surface area contributed by atoms with Crippen molar-refractivity contribution in [2.45, 2.75) is 6.54 Å². The van der Waals surface area contributed by atoms with Crippen molar-refractivity contribution in [3.05, 3.63) is 42.2 Å². The maximum absolute atomic E-state index is 7.93. The fourth-order valence-corrected chi connectivity index (χ4v) is 2.97. The molecule has 5 nitrogen and oxygen atoms in total. The molecule has 4 aromatic rings. The highest BCUT2D eigenvalue weighted by Crippen LogP contribution is 2.35. The molecule has 0 spiro atoms. The zero-order valence-corrected chi connectivity index (χ0v) is 10.4. The summed E-state index contributed by atoms with van der Waals surface area (Å²) in [6.45, 7) is -1.80. The molecule has 1 aliphatic heterocycles. The first kappa shape index (κ1) is 7.79. The molecule has 0 fully saturated rings. The largest absolute Gasteiger partial charge is 0.400 e. The van der Waals surface area contributed by atoms with Crippen molar-refractivity contribution in [2.24, 2.45) is 6.98 Å². The average Bonchev–Trinajstić information content (AvgIpc) is 3.12. The van der Waals surface area contributed by atoms with Gasteiger partial charge in [0.25, 0.3) is 0 Å². The Kier molecular flexibility index (Phi) is 1.27. The van der Waals surface area contributed by atoms with E-state index in [1.165, 1.54) is 4.57 Å². The number of nitrogens with zero attached hydrogens (tertiary/aromatic N) is 4. The summed E-state index contributed by atoms with van der Waals surface area (Å²) in [7, 11) is 0. The summed E-state index contributed by atoms with van der Waals surface area (Å²) in [6, 6.07) is 7.53. The molecule has 0 atom stereocenters. The van der Waals surface area contributed by atoms with Crippen LogP contribution in [0.2, 0.25) is 0 Å². The molecular formula is C15H11N4O+. The van der Waals surface area contributed by atoms with E-state index >= 15 is 0 Å². The van der Waals surface area contributed by atoms with Gasteiger partial charge in [-0.05, 0) is 18.2 Å². The molecule has 0 saturated heterocycles. The monoisotopic (exact) mass is 266 g/mol. The fourth-order valence-electron chi connectivity index (χ4n) is 2.97. The number of imidazole rings is 1. The normalized spacial score (nSPS) is 15.9. The Morgan fingerprint density at radius 2 is 2.20 bits per heavy atom. The second-order valence-electron chi connectivity index (χ2n) is 4.87. The number of furan rings is 1. The molecule has 5 rings (SSSR count). The van der Waals surface area contributed by atoms with Crippen molar-refractivity contribution in [3.8, 4) is 11.5 Å². The molecule has 5 heteroatoms. The molecule has 0 N–H and O–H groups in total. The lowest BCUT2D eigenvalue weighted by atomic mass is 10.2. The molecule has 0 amide bonds. The predicted molar refractivity (Wildman–Crippen MR) is 73.0 cm³/mol. The summed E-state index contributed by atoms with van der Waals surface area (Å²) >= 11 is 0. The van der Waals surface area contributed by atoms with Crippen molar-refractivity contribution in [1.29, 1.82) is 0 Å². The Bertz CT molecular complexity index is 1090. The Labute approximate surface area is 118 Å². The quantitative estimate of drug-likeness (QED) is 0.403. The van der Waals surface area contributed by atoms with E-state index in [2.05, 4.69) is 9.97 Å². The van der Waals surface area contributed by atoms with Crippen LogP contribution in [0.3, 0.4) is 0 Å². The van der Waals surface area contributed by atoms with Crippen LogP contribution in [0.15, 0.2) is 41.1 Å². The first-order valence-electron chi connectivity index (χ1n) is 7.82. The SMILES string of the molecule is [2H]C([2H])([2H])[n+]1c2n(c3c4cccnc4oc31)Cc1cccnc1-2. The zero-order valence-electron chi connectivity index (χ0n) is 13.4. The molecule has 0 aromatic carbocycles. The fraction of sp³-hybridized carbons (Fsp3) is 0.133. The minimum Gasteiger partial charge on any atom is -0.400 e. The van der Waals surface area contributed by atoms with Gasteiger partial charge >= 0.3 is 11.5 Å². The summed E-state index contributed by atoms with van der Waals surface area (Å²) in [5, 5.41) is 0.805. The van der Waals surface area contributed by atoms with E-state index in [1.807, 2.05) is 28.8 Å². The molecule has 0 aliphatic carbocycles. The highest BCUT2D eigenvalue weighted by atomic mass is 16.4. The van der Waals surface area contributed by atoms with Gasteiger partial charge in [-0.15, -0.1) is 0 Å². The van der Waals surface area contributed by atoms with Gasteiger partial charge in [-0.3, -0.25) is 0 Å². The van der Waals surface area contributed by atoms with Crippen LogP contribution in [0.1, 0.15) is 9.68 Å². The third-order valence-electron chi connectivity index (χ3n) is 3.79. The number of rotatable bonds is 0. The minimum absolute atomic E-state index is 0.310. The van der Waals surface area contributed by atoms with Crippen LogP contribution in [0.25, 0.3) is 33.8 Å². The van der Waals surface area contributed by atoms with Crippen LogP contribution in [-0.4, -0.2) is 14.5 Å². The van der Waals surface area contributed by atoms with Gasteiger partial charge in [-0.25, -0.2) is 14.5 Å². The summed E-state index contributed by atoms with van der Waals surface area (Å²) < 4.78 is 32.8. The van der Waals surface area contributed by atoms with Crippen LogP contribution in [0.5, 0.6) is 0 Å². The zero-order chi connectivity index (χ0) is 15.8. The average molecular weight is 266 g/mol. The predicted octanol–water partition coefficient (Wildman–Crippen LogP) is 2.03. The van der Waals surface area contributed by atoms with E-state index in [0.29, 0.717) is 29.5 Å². The molecule has 0 saturated carbocycles. The lowest BCUT2D eigenvalue weighted by Crippen LogP contribution is -2.29. The van der Waals surface area contributed by atoms with Gasteiger partial charge < -0.3 is 4.42 Å². The first-order valence-corrected chi connectivity index (χ1v) is 6.32. The molecule has 0 unspecified atom stereocenters. The number of pyridine rings is 2. The number of aryl methyl sites for hydroxylation is 1. The maximum atomic E-state index is 7.93. The lowest BCUT2D eigenvalue weighted by Gasteiger charge is -1.92. The summed E-state index contributed by atoms with van der Waals surface area (Å²) in [6.07, 6.45) is 3.30. The number of hydrogen-bond donors (Lipinski definition) is 0. The van der Waals surface area contributed by atoms with Crippen molar-refractivity contribution >= 4 is 22.3 Å². The maximum Gasteiger partial charge on any atom is 0.340 e. The molecule has 0 radical (unpaired) electrons. The van der Waals surface area contributed by atoms with Gasteiger partial charge in [-0.1, -0.05) is 6.07 Å². The van der Waals surface area contributed by atoms with Crippen LogP contribution in [0.4, 0.5) is 0 Å². The van der Waals surface area contributed by atoms with Crippen LogP contribution >= 0.6 is 0 Å². The summed E-state index contributed by atoms with van der Waals surface area (Å²) in [5.41, 5.74) is 3.18. The van der Waals surface area contributed by atoms with E-state index in [0.717, 1.165) is 16.5 Å². The topological polar surface area (TPSA) is 47.7 Å².